The Labute approximate surface area is 88.7 Å². The molecule has 0 heterocycles. The van der Waals surface area contributed by atoms with Crippen molar-refractivity contribution in [2.24, 2.45) is 0 Å². The van der Waals surface area contributed by atoms with Gasteiger partial charge in [0.1, 0.15) is 5.75 Å². The van der Waals surface area contributed by atoms with Crippen LogP contribution in [0.4, 0.5) is 5.69 Å². The summed E-state index contributed by atoms with van der Waals surface area (Å²) in [7, 11) is 0. The summed E-state index contributed by atoms with van der Waals surface area (Å²) in [6.07, 6.45) is 1.54. The van der Waals surface area contributed by atoms with E-state index in [1.807, 2.05) is 12.1 Å². The normalized spacial score (nSPS) is 9.87. The standard InChI is InChI=1S/C11H15NO3/c12-9-5-1-2-6-10(9)15-8-4-3-7-11(13)14/h1-2,5-6H,3-4,7-8,12H2,(H,13,14). The molecule has 4 heteroatoms. The molecule has 1 aromatic carbocycles. The van der Waals surface area contributed by atoms with Crippen LogP contribution < -0.4 is 10.5 Å². The van der Waals surface area contributed by atoms with Crippen molar-refractivity contribution in [3.8, 4) is 5.75 Å². The summed E-state index contributed by atoms with van der Waals surface area (Å²) in [5.74, 6) is -0.109. The second-order valence-corrected chi connectivity index (χ2v) is 3.24. The number of anilines is 1. The van der Waals surface area contributed by atoms with Crippen LogP contribution in [0.25, 0.3) is 0 Å². The summed E-state index contributed by atoms with van der Waals surface area (Å²) >= 11 is 0. The Balaban J connectivity index is 2.21. The molecule has 1 rings (SSSR count). The van der Waals surface area contributed by atoms with Gasteiger partial charge in [-0.25, -0.2) is 0 Å². The van der Waals surface area contributed by atoms with E-state index in [0.29, 0.717) is 24.5 Å². The molecule has 82 valence electrons. The number of nitrogens with two attached hydrogens (primary N) is 1. The molecule has 3 N–H and O–H groups in total. The molecule has 0 saturated carbocycles. The number of benzene rings is 1. The Kier molecular flexibility index (Phi) is 4.47. The smallest absolute Gasteiger partial charge is 0.303 e. The Morgan fingerprint density at radius 1 is 1.33 bits per heavy atom. The van der Waals surface area contributed by atoms with Gasteiger partial charge in [-0.1, -0.05) is 12.1 Å². The van der Waals surface area contributed by atoms with Gasteiger partial charge in [0.15, 0.2) is 0 Å². The summed E-state index contributed by atoms with van der Waals surface area (Å²) in [6.45, 7) is 0.501. The third kappa shape index (κ3) is 4.35. The molecule has 0 atom stereocenters. The highest BCUT2D eigenvalue weighted by molar-refractivity contribution is 5.66. The van der Waals surface area contributed by atoms with Gasteiger partial charge in [0.05, 0.1) is 12.3 Å². The molecule has 0 aliphatic heterocycles. The van der Waals surface area contributed by atoms with Crippen molar-refractivity contribution < 1.29 is 14.6 Å². The van der Waals surface area contributed by atoms with Crippen LogP contribution in [0, 0.1) is 0 Å². The van der Waals surface area contributed by atoms with Gasteiger partial charge in [-0.05, 0) is 25.0 Å². The van der Waals surface area contributed by atoms with E-state index in [1.165, 1.54) is 0 Å². The van der Waals surface area contributed by atoms with Crippen LogP contribution in [0.2, 0.25) is 0 Å². The minimum Gasteiger partial charge on any atom is -0.491 e. The highest BCUT2D eigenvalue weighted by atomic mass is 16.5. The first-order valence-corrected chi connectivity index (χ1v) is 4.89. The number of hydrogen-bond acceptors (Lipinski definition) is 3. The van der Waals surface area contributed by atoms with E-state index < -0.39 is 5.97 Å². The Bertz CT molecular complexity index is 325. The van der Waals surface area contributed by atoms with E-state index in [-0.39, 0.29) is 6.42 Å². The lowest BCUT2D eigenvalue weighted by molar-refractivity contribution is -0.137. The lowest BCUT2D eigenvalue weighted by Crippen LogP contribution is -2.01. The Hall–Kier alpha value is -1.71. The maximum absolute atomic E-state index is 10.2. The van der Waals surface area contributed by atoms with Crippen molar-refractivity contribution in [2.75, 3.05) is 12.3 Å². The van der Waals surface area contributed by atoms with Gasteiger partial charge in [-0.3, -0.25) is 4.79 Å². The molecule has 0 aliphatic rings. The van der Waals surface area contributed by atoms with Crippen molar-refractivity contribution in [1.82, 2.24) is 0 Å². The maximum atomic E-state index is 10.2. The van der Waals surface area contributed by atoms with E-state index in [0.717, 1.165) is 6.42 Å². The highest BCUT2D eigenvalue weighted by Gasteiger charge is 1.99. The van der Waals surface area contributed by atoms with Crippen LogP contribution >= 0.6 is 0 Å². The summed E-state index contributed by atoms with van der Waals surface area (Å²) in [5.41, 5.74) is 6.27. The molecule has 0 saturated heterocycles. The van der Waals surface area contributed by atoms with Crippen molar-refractivity contribution in [1.29, 1.82) is 0 Å². The average Bonchev–Trinajstić information content (AvgIpc) is 2.20. The van der Waals surface area contributed by atoms with Crippen LogP contribution in [0.15, 0.2) is 24.3 Å². The number of nitrogen functional groups attached to an aromatic ring is 1. The first kappa shape index (κ1) is 11.4. The number of hydrogen-bond donors (Lipinski definition) is 2. The maximum Gasteiger partial charge on any atom is 0.303 e. The average molecular weight is 209 g/mol. The molecule has 0 aliphatic carbocycles. The lowest BCUT2D eigenvalue weighted by Gasteiger charge is -2.07. The van der Waals surface area contributed by atoms with Crippen LogP contribution in [-0.4, -0.2) is 17.7 Å². The number of carboxylic acids is 1. The third-order valence-electron chi connectivity index (χ3n) is 1.96. The van der Waals surface area contributed by atoms with Crippen molar-refractivity contribution in [3.05, 3.63) is 24.3 Å². The predicted molar refractivity (Wildman–Crippen MR) is 57.8 cm³/mol. The van der Waals surface area contributed by atoms with E-state index in [4.69, 9.17) is 15.6 Å². The molecule has 0 aromatic heterocycles. The van der Waals surface area contributed by atoms with Gasteiger partial charge in [-0.15, -0.1) is 0 Å². The second-order valence-electron chi connectivity index (χ2n) is 3.24. The molecule has 4 nitrogen and oxygen atoms in total. The largest absolute Gasteiger partial charge is 0.491 e. The number of ether oxygens (including phenoxy) is 1. The zero-order valence-electron chi connectivity index (χ0n) is 8.48. The minimum absolute atomic E-state index is 0.188. The van der Waals surface area contributed by atoms with Gasteiger partial charge in [0.25, 0.3) is 0 Å². The van der Waals surface area contributed by atoms with Gasteiger partial charge in [0, 0.05) is 6.42 Å². The van der Waals surface area contributed by atoms with Gasteiger partial charge in [-0.2, -0.15) is 0 Å². The monoisotopic (exact) mass is 209 g/mol. The fourth-order valence-electron chi connectivity index (χ4n) is 1.17. The van der Waals surface area contributed by atoms with Crippen molar-refractivity contribution in [2.45, 2.75) is 19.3 Å². The summed E-state index contributed by atoms with van der Waals surface area (Å²) < 4.78 is 5.40. The molecular formula is C11H15NO3. The molecule has 0 bridgehead atoms. The van der Waals surface area contributed by atoms with Crippen LogP contribution in [0.5, 0.6) is 5.75 Å². The molecule has 1 aromatic rings. The SMILES string of the molecule is Nc1ccccc1OCCCCC(=O)O. The lowest BCUT2D eigenvalue weighted by atomic mass is 10.2. The molecule has 0 amide bonds. The molecule has 15 heavy (non-hydrogen) atoms. The topological polar surface area (TPSA) is 72.5 Å². The molecular weight excluding hydrogens is 194 g/mol. The van der Waals surface area contributed by atoms with Crippen LogP contribution in [-0.2, 0) is 4.79 Å². The summed E-state index contributed by atoms with van der Waals surface area (Å²) in [5, 5.41) is 8.41. The summed E-state index contributed by atoms with van der Waals surface area (Å²) in [4.78, 5) is 10.2. The predicted octanol–water partition coefficient (Wildman–Crippen LogP) is 1.90. The second kappa shape index (κ2) is 5.90. The zero-order chi connectivity index (χ0) is 11.1. The van der Waals surface area contributed by atoms with E-state index in [9.17, 15) is 4.79 Å². The van der Waals surface area contributed by atoms with Crippen LogP contribution in [0.1, 0.15) is 19.3 Å². The molecule has 0 unspecified atom stereocenters. The minimum atomic E-state index is -0.769. The van der Waals surface area contributed by atoms with Gasteiger partial charge in [0.2, 0.25) is 0 Å². The molecule has 0 spiro atoms. The zero-order valence-corrected chi connectivity index (χ0v) is 8.48. The molecule has 0 radical (unpaired) electrons. The van der Waals surface area contributed by atoms with Gasteiger partial charge < -0.3 is 15.6 Å². The highest BCUT2D eigenvalue weighted by Crippen LogP contribution is 2.19. The number of carboxylic acid groups (broad SMARTS) is 1. The first-order chi connectivity index (χ1) is 7.20. The number of carbonyl (C=O) groups is 1. The third-order valence-corrected chi connectivity index (χ3v) is 1.96. The Morgan fingerprint density at radius 2 is 2.07 bits per heavy atom. The van der Waals surface area contributed by atoms with E-state index in [2.05, 4.69) is 0 Å². The fraction of sp³-hybridized carbons (Fsp3) is 0.364. The number of para-hydroxylation sites is 2. The number of aliphatic carboxylic acids is 1. The van der Waals surface area contributed by atoms with Gasteiger partial charge >= 0.3 is 5.97 Å². The van der Waals surface area contributed by atoms with Crippen molar-refractivity contribution >= 4 is 11.7 Å². The molecule has 0 fully saturated rings. The quantitative estimate of drug-likeness (QED) is 0.554. The number of rotatable bonds is 6. The van der Waals surface area contributed by atoms with Crippen LogP contribution in [0.3, 0.4) is 0 Å². The summed E-state index contributed by atoms with van der Waals surface area (Å²) in [6, 6.07) is 7.26. The number of unbranched alkanes of at least 4 members (excludes halogenated alkanes) is 1. The van der Waals surface area contributed by atoms with E-state index >= 15 is 0 Å². The van der Waals surface area contributed by atoms with Crippen molar-refractivity contribution in [3.63, 3.8) is 0 Å². The van der Waals surface area contributed by atoms with E-state index in [1.54, 1.807) is 12.1 Å². The Morgan fingerprint density at radius 3 is 2.73 bits per heavy atom. The fourth-order valence-corrected chi connectivity index (χ4v) is 1.17. The first-order valence-electron chi connectivity index (χ1n) is 4.89.